The standard InChI is InChI=1S/C11H21O3P/c1-12-15(13-2)14-10-11-8-6-4-3-5-7-9-11/h8H,3-7,9-10H2,1-2H3/b11-8+. The molecule has 1 aliphatic carbocycles. The third kappa shape index (κ3) is 5.62. The van der Waals surface area contributed by atoms with E-state index in [1.54, 1.807) is 14.2 Å². The van der Waals surface area contributed by atoms with Crippen molar-refractivity contribution in [1.82, 2.24) is 0 Å². The minimum Gasteiger partial charge on any atom is -0.316 e. The molecule has 0 aromatic rings. The van der Waals surface area contributed by atoms with Crippen molar-refractivity contribution in [3.05, 3.63) is 11.6 Å². The first kappa shape index (κ1) is 13.1. The molecule has 0 fully saturated rings. The monoisotopic (exact) mass is 232 g/mol. The summed E-state index contributed by atoms with van der Waals surface area (Å²) in [5.74, 6) is 0. The van der Waals surface area contributed by atoms with Crippen LogP contribution in [0.25, 0.3) is 0 Å². The summed E-state index contributed by atoms with van der Waals surface area (Å²) in [6, 6.07) is 0. The number of allylic oxidation sites excluding steroid dienone is 1. The quantitative estimate of drug-likeness (QED) is 0.533. The highest BCUT2D eigenvalue weighted by atomic mass is 31.2. The fourth-order valence-corrected chi connectivity index (χ4v) is 2.34. The predicted molar refractivity (Wildman–Crippen MR) is 62.7 cm³/mol. The first-order valence-electron chi connectivity index (χ1n) is 5.56. The summed E-state index contributed by atoms with van der Waals surface area (Å²) in [5, 5.41) is 0. The highest BCUT2D eigenvalue weighted by molar-refractivity contribution is 7.41. The molecular formula is C11H21O3P. The Bertz CT molecular complexity index is 190. The van der Waals surface area contributed by atoms with Gasteiger partial charge in [-0.3, -0.25) is 0 Å². The number of rotatable bonds is 5. The second kappa shape index (κ2) is 8.23. The molecule has 0 aliphatic heterocycles. The van der Waals surface area contributed by atoms with Crippen LogP contribution in [0.4, 0.5) is 0 Å². The van der Waals surface area contributed by atoms with E-state index in [1.165, 1.54) is 37.7 Å². The molecule has 0 atom stereocenters. The van der Waals surface area contributed by atoms with Gasteiger partial charge < -0.3 is 13.6 Å². The van der Waals surface area contributed by atoms with Crippen molar-refractivity contribution in [3.63, 3.8) is 0 Å². The molecule has 0 N–H and O–H groups in total. The predicted octanol–water partition coefficient (Wildman–Crippen LogP) is 3.80. The second-order valence-corrected chi connectivity index (χ2v) is 5.11. The summed E-state index contributed by atoms with van der Waals surface area (Å²) in [4.78, 5) is 0. The van der Waals surface area contributed by atoms with Crippen molar-refractivity contribution in [1.29, 1.82) is 0 Å². The van der Waals surface area contributed by atoms with Crippen LogP contribution < -0.4 is 0 Å². The van der Waals surface area contributed by atoms with Gasteiger partial charge in [0.2, 0.25) is 0 Å². The molecule has 1 aliphatic rings. The van der Waals surface area contributed by atoms with E-state index >= 15 is 0 Å². The highest BCUT2D eigenvalue weighted by Crippen LogP contribution is 2.38. The van der Waals surface area contributed by atoms with Gasteiger partial charge >= 0.3 is 8.60 Å². The lowest BCUT2D eigenvalue weighted by atomic mass is 10.0. The van der Waals surface area contributed by atoms with Gasteiger partial charge in [-0.2, -0.15) is 0 Å². The molecule has 0 saturated heterocycles. The molecule has 0 radical (unpaired) electrons. The van der Waals surface area contributed by atoms with E-state index in [1.807, 2.05) is 0 Å². The molecule has 0 unspecified atom stereocenters. The summed E-state index contributed by atoms with van der Waals surface area (Å²) in [6.45, 7) is 0.660. The zero-order chi connectivity index (χ0) is 10.9. The molecule has 3 nitrogen and oxygen atoms in total. The molecular weight excluding hydrogens is 211 g/mol. The Kier molecular flexibility index (Phi) is 7.20. The van der Waals surface area contributed by atoms with E-state index in [0.717, 1.165) is 6.42 Å². The molecule has 0 bridgehead atoms. The molecule has 1 rings (SSSR count). The average molecular weight is 232 g/mol. The minimum absolute atomic E-state index is 0.660. The van der Waals surface area contributed by atoms with Crippen LogP contribution in [0.2, 0.25) is 0 Å². The fourth-order valence-electron chi connectivity index (χ4n) is 1.70. The van der Waals surface area contributed by atoms with Crippen molar-refractivity contribution in [3.8, 4) is 0 Å². The van der Waals surface area contributed by atoms with Gasteiger partial charge in [-0.05, 0) is 31.3 Å². The van der Waals surface area contributed by atoms with Gasteiger partial charge in [-0.25, -0.2) is 0 Å². The summed E-state index contributed by atoms with van der Waals surface area (Å²) >= 11 is 0. The third-order valence-corrected chi connectivity index (χ3v) is 3.47. The van der Waals surface area contributed by atoms with Crippen LogP contribution in [0.15, 0.2) is 11.6 Å². The number of hydrogen-bond acceptors (Lipinski definition) is 3. The van der Waals surface area contributed by atoms with Gasteiger partial charge in [0.05, 0.1) is 6.61 Å². The van der Waals surface area contributed by atoms with E-state index in [9.17, 15) is 0 Å². The lowest BCUT2D eigenvalue weighted by molar-refractivity contribution is 0.217. The van der Waals surface area contributed by atoms with Crippen molar-refractivity contribution < 1.29 is 13.6 Å². The molecule has 0 saturated carbocycles. The molecule has 0 heterocycles. The van der Waals surface area contributed by atoms with E-state index in [-0.39, 0.29) is 0 Å². The number of hydrogen-bond donors (Lipinski definition) is 0. The van der Waals surface area contributed by atoms with Crippen molar-refractivity contribution in [2.24, 2.45) is 0 Å². The Hall–Kier alpha value is 0.0500. The van der Waals surface area contributed by atoms with Gasteiger partial charge in [0, 0.05) is 14.2 Å². The first-order chi connectivity index (χ1) is 7.36. The summed E-state index contributed by atoms with van der Waals surface area (Å²) in [5.41, 5.74) is 1.40. The molecule has 0 amide bonds. The van der Waals surface area contributed by atoms with Gasteiger partial charge in [-0.1, -0.05) is 18.9 Å². The average Bonchev–Trinajstić information content (AvgIpc) is 2.21. The van der Waals surface area contributed by atoms with Gasteiger partial charge in [0.1, 0.15) is 0 Å². The largest absolute Gasteiger partial charge is 0.332 e. The molecule has 4 heteroatoms. The van der Waals surface area contributed by atoms with Crippen LogP contribution in [0, 0.1) is 0 Å². The SMILES string of the molecule is COP(OC)OC/C1=C/CCCCCC1. The zero-order valence-electron chi connectivity index (χ0n) is 9.70. The van der Waals surface area contributed by atoms with Gasteiger partial charge in [-0.15, -0.1) is 0 Å². The smallest absolute Gasteiger partial charge is 0.316 e. The Labute approximate surface area is 93.8 Å². The maximum Gasteiger partial charge on any atom is 0.332 e. The Morgan fingerprint density at radius 3 is 2.60 bits per heavy atom. The Morgan fingerprint density at radius 1 is 1.13 bits per heavy atom. The Balaban J connectivity index is 2.28. The van der Waals surface area contributed by atoms with Crippen molar-refractivity contribution in [2.75, 3.05) is 20.8 Å². The molecule has 0 aromatic heterocycles. The fraction of sp³-hybridized carbons (Fsp3) is 0.818. The van der Waals surface area contributed by atoms with Crippen LogP contribution in [0.3, 0.4) is 0 Å². The molecule has 88 valence electrons. The topological polar surface area (TPSA) is 27.7 Å². The van der Waals surface area contributed by atoms with Crippen LogP contribution in [-0.4, -0.2) is 20.8 Å². The lowest BCUT2D eigenvalue weighted by Crippen LogP contribution is -1.99. The van der Waals surface area contributed by atoms with Crippen LogP contribution >= 0.6 is 8.60 Å². The van der Waals surface area contributed by atoms with E-state index in [4.69, 9.17) is 13.6 Å². The zero-order valence-corrected chi connectivity index (χ0v) is 10.6. The normalized spacial score (nSPS) is 21.9. The first-order valence-corrected chi connectivity index (χ1v) is 6.65. The summed E-state index contributed by atoms with van der Waals surface area (Å²) in [7, 11) is 2.09. The van der Waals surface area contributed by atoms with Gasteiger partial charge in [0.25, 0.3) is 0 Å². The highest BCUT2D eigenvalue weighted by Gasteiger charge is 2.09. The van der Waals surface area contributed by atoms with E-state index in [2.05, 4.69) is 6.08 Å². The van der Waals surface area contributed by atoms with Crippen LogP contribution in [-0.2, 0) is 13.6 Å². The van der Waals surface area contributed by atoms with Gasteiger partial charge in [0.15, 0.2) is 0 Å². The maximum absolute atomic E-state index is 5.53. The molecule has 0 spiro atoms. The van der Waals surface area contributed by atoms with Crippen LogP contribution in [0.5, 0.6) is 0 Å². The Morgan fingerprint density at radius 2 is 1.87 bits per heavy atom. The lowest BCUT2D eigenvalue weighted by Gasteiger charge is -2.15. The third-order valence-electron chi connectivity index (χ3n) is 2.54. The van der Waals surface area contributed by atoms with E-state index < -0.39 is 8.60 Å². The van der Waals surface area contributed by atoms with E-state index in [0.29, 0.717) is 6.61 Å². The summed E-state index contributed by atoms with van der Waals surface area (Å²) in [6.07, 6.45) is 9.99. The second-order valence-electron chi connectivity index (χ2n) is 3.68. The molecule has 0 aromatic carbocycles. The minimum atomic E-state index is -1.14. The summed E-state index contributed by atoms with van der Waals surface area (Å²) < 4.78 is 15.6. The maximum atomic E-state index is 5.53. The van der Waals surface area contributed by atoms with Crippen molar-refractivity contribution >= 4 is 8.60 Å². The van der Waals surface area contributed by atoms with Crippen molar-refractivity contribution in [2.45, 2.75) is 38.5 Å². The van der Waals surface area contributed by atoms with Crippen LogP contribution in [0.1, 0.15) is 38.5 Å². The molecule has 15 heavy (non-hydrogen) atoms.